The predicted molar refractivity (Wildman–Crippen MR) is 344 cm³/mol. The van der Waals surface area contributed by atoms with Crippen LogP contribution in [0.4, 0.5) is 0 Å². The quantitative estimate of drug-likeness (QED) is 0.220. The van der Waals surface area contributed by atoms with Crippen LogP contribution in [0, 0.1) is 23.7 Å². The molecule has 2 N–H and O–H groups in total. The second kappa shape index (κ2) is 46.0. The van der Waals surface area contributed by atoms with Crippen molar-refractivity contribution in [2.75, 3.05) is 170 Å². The highest BCUT2D eigenvalue weighted by atomic mass is 16.5. The maximum atomic E-state index is 5.21. The summed E-state index contributed by atoms with van der Waals surface area (Å²) in [6.07, 6.45) is 18.5. The van der Waals surface area contributed by atoms with Gasteiger partial charge in [-0.2, -0.15) is 0 Å². The van der Waals surface area contributed by atoms with Gasteiger partial charge in [-0.1, -0.05) is 82.1 Å². The van der Waals surface area contributed by atoms with Crippen molar-refractivity contribution in [2.45, 2.75) is 239 Å². The molecule has 11 nitrogen and oxygen atoms in total. The van der Waals surface area contributed by atoms with Gasteiger partial charge in [0.05, 0.1) is 13.2 Å². The van der Waals surface area contributed by atoms with E-state index < -0.39 is 0 Å². The van der Waals surface area contributed by atoms with E-state index in [0.29, 0.717) is 17.1 Å². The lowest BCUT2D eigenvalue weighted by molar-refractivity contribution is 0.0238. The third-order valence-electron chi connectivity index (χ3n) is 15.8. The minimum absolute atomic E-state index is 0. The minimum atomic E-state index is 0. The van der Waals surface area contributed by atoms with Crippen molar-refractivity contribution >= 4 is 0 Å². The lowest BCUT2D eigenvalue weighted by atomic mass is 10.0. The van der Waals surface area contributed by atoms with E-state index in [1.54, 1.807) is 0 Å². The Morgan fingerprint density at radius 2 is 0.558 bits per heavy atom. The Morgan fingerprint density at radius 3 is 0.805 bits per heavy atom. The van der Waals surface area contributed by atoms with Gasteiger partial charge >= 0.3 is 0 Å². The molecule has 464 valence electrons. The first-order valence-corrected chi connectivity index (χ1v) is 32.8. The summed E-state index contributed by atoms with van der Waals surface area (Å²) in [5, 5.41) is 6.69. The molecule has 8 heterocycles. The van der Waals surface area contributed by atoms with Crippen LogP contribution in [0.5, 0.6) is 0 Å². The van der Waals surface area contributed by atoms with Gasteiger partial charge in [0.25, 0.3) is 0 Å². The van der Waals surface area contributed by atoms with Crippen LogP contribution in [0.15, 0.2) is 0 Å². The number of piperazine rings is 2. The van der Waals surface area contributed by atoms with E-state index in [-0.39, 0.29) is 7.43 Å². The molecule has 0 atom stereocenters. The zero-order chi connectivity index (χ0) is 56.8. The van der Waals surface area contributed by atoms with Crippen LogP contribution in [0.3, 0.4) is 0 Å². The van der Waals surface area contributed by atoms with Gasteiger partial charge in [-0.25, -0.2) is 0 Å². The summed E-state index contributed by atoms with van der Waals surface area (Å²) in [5.41, 5.74) is 0.766. The molecule has 8 aliphatic rings. The van der Waals surface area contributed by atoms with E-state index in [4.69, 9.17) is 4.74 Å². The van der Waals surface area contributed by atoms with E-state index >= 15 is 0 Å². The average Bonchev–Trinajstić information content (AvgIpc) is 4.12. The Balaban J connectivity index is 0.000000856. The fourth-order valence-electron chi connectivity index (χ4n) is 11.5. The molecule has 0 amide bonds. The number of nitrogens with one attached hydrogen (secondary N) is 2. The van der Waals surface area contributed by atoms with Crippen LogP contribution in [0.25, 0.3) is 0 Å². The molecule has 0 bridgehead atoms. The molecule has 8 rings (SSSR count). The predicted octanol–water partition coefficient (Wildman–Crippen LogP) is 12.4. The smallest absolute Gasteiger partial charge is 0.0594 e. The highest BCUT2D eigenvalue weighted by Gasteiger charge is 2.23. The van der Waals surface area contributed by atoms with E-state index in [2.05, 4.69) is 174 Å². The molecule has 8 fully saturated rings. The molecule has 0 saturated carbocycles. The van der Waals surface area contributed by atoms with Crippen LogP contribution < -0.4 is 10.6 Å². The van der Waals surface area contributed by atoms with E-state index in [1.165, 1.54) is 214 Å². The summed E-state index contributed by atoms with van der Waals surface area (Å²) < 4.78 is 5.21. The molecule has 77 heavy (non-hydrogen) atoms. The van der Waals surface area contributed by atoms with Crippen molar-refractivity contribution in [1.82, 2.24) is 49.8 Å². The van der Waals surface area contributed by atoms with Gasteiger partial charge in [0, 0.05) is 115 Å². The first-order valence-electron chi connectivity index (χ1n) is 32.8. The zero-order valence-electron chi connectivity index (χ0n) is 55.0. The maximum absolute atomic E-state index is 5.21. The summed E-state index contributed by atoms with van der Waals surface area (Å²) in [4.78, 5) is 20.3. The molecule has 0 aliphatic carbocycles. The Labute approximate surface area is 485 Å². The third kappa shape index (κ3) is 43.0. The highest BCUT2D eigenvalue weighted by molar-refractivity contribution is 4.81. The van der Waals surface area contributed by atoms with Crippen LogP contribution >= 0.6 is 0 Å². The fraction of sp³-hybridized carbons (Fsp3) is 1.00. The molecule has 0 aromatic rings. The SMILES string of the molecule is C.CC(C)(C)N1CCCCC1.CC(C)(C)N1CCNCC1.CC(C)CN1CCCC1.CC(C)CN1CCCCC1.CC(C)CN1CCCCC1.CC(C)CN1CCNCC1.CC(C)N1CCCC1.CC(C)N1CCOCC1. The van der Waals surface area contributed by atoms with Crippen molar-refractivity contribution in [3.63, 3.8) is 0 Å². The molecule has 8 saturated heterocycles. The first kappa shape index (κ1) is 76.6. The normalized spacial score (nSPS) is 22.1. The highest BCUT2D eigenvalue weighted by Crippen LogP contribution is 2.19. The number of likely N-dealkylation sites (tertiary alicyclic amines) is 5. The Morgan fingerprint density at radius 1 is 0.312 bits per heavy atom. The number of rotatable bonds is 10. The molecule has 0 spiro atoms. The summed E-state index contributed by atoms with van der Waals surface area (Å²) >= 11 is 0. The average molecular weight is 1090 g/mol. The number of nitrogens with zero attached hydrogens (tertiary/aromatic N) is 8. The topological polar surface area (TPSA) is 59.2 Å². The number of hydrogen-bond acceptors (Lipinski definition) is 11. The zero-order valence-corrected chi connectivity index (χ0v) is 55.0. The van der Waals surface area contributed by atoms with Gasteiger partial charge in [-0.3, -0.25) is 14.7 Å². The molecular formula is C66H144N10O. The molecule has 0 aromatic carbocycles. The largest absolute Gasteiger partial charge is 0.379 e. The van der Waals surface area contributed by atoms with Crippen molar-refractivity contribution in [1.29, 1.82) is 0 Å². The minimum Gasteiger partial charge on any atom is -0.379 e. The molecule has 11 heteroatoms. The number of morpholine rings is 1. The molecular weight excluding hydrogens is 949 g/mol. The van der Waals surface area contributed by atoms with Gasteiger partial charge in [0.15, 0.2) is 0 Å². The second-order valence-corrected chi connectivity index (χ2v) is 28.1. The van der Waals surface area contributed by atoms with Crippen molar-refractivity contribution in [3.8, 4) is 0 Å². The van der Waals surface area contributed by atoms with Crippen molar-refractivity contribution in [3.05, 3.63) is 0 Å². The first-order chi connectivity index (χ1) is 36.0. The van der Waals surface area contributed by atoms with Crippen LogP contribution in [-0.4, -0.2) is 233 Å². The second-order valence-electron chi connectivity index (χ2n) is 28.1. The summed E-state index contributed by atoms with van der Waals surface area (Å²) in [6.45, 7) is 73.2. The van der Waals surface area contributed by atoms with E-state index in [0.717, 1.165) is 69.1 Å². The lowest BCUT2D eigenvalue weighted by Crippen LogP contribution is -2.51. The van der Waals surface area contributed by atoms with E-state index in [9.17, 15) is 0 Å². The van der Waals surface area contributed by atoms with E-state index in [1.807, 2.05) is 0 Å². The summed E-state index contributed by atoms with van der Waals surface area (Å²) in [6, 6.07) is 1.46. The van der Waals surface area contributed by atoms with Crippen molar-refractivity contribution < 1.29 is 4.74 Å². The molecule has 8 aliphatic heterocycles. The van der Waals surface area contributed by atoms with Gasteiger partial charge in [0.1, 0.15) is 0 Å². The number of hydrogen-bond donors (Lipinski definition) is 2. The Bertz CT molecular complexity index is 1150. The Hall–Kier alpha value is -0.440. The van der Waals surface area contributed by atoms with Crippen molar-refractivity contribution in [2.24, 2.45) is 23.7 Å². The monoisotopic (exact) mass is 1090 g/mol. The summed E-state index contributed by atoms with van der Waals surface area (Å²) in [5.74, 6) is 3.36. The lowest BCUT2D eigenvalue weighted by Gasteiger charge is -2.38. The summed E-state index contributed by atoms with van der Waals surface area (Å²) in [7, 11) is 0. The van der Waals surface area contributed by atoms with Gasteiger partial charge in [-0.15, -0.1) is 0 Å². The maximum Gasteiger partial charge on any atom is 0.0594 e. The number of ether oxygens (including phenoxy) is 1. The van der Waals surface area contributed by atoms with Crippen LogP contribution in [0.2, 0.25) is 0 Å². The van der Waals surface area contributed by atoms with Gasteiger partial charge in [0.2, 0.25) is 0 Å². The number of piperidine rings is 3. The molecule has 0 unspecified atom stereocenters. The Kier molecular flexibility index (Phi) is 45.7. The molecule has 0 radical (unpaired) electrons. The standard InChI is InChI=1S/3C9H19N.2C8H18N2.C8H17N.C7H15NO.C7H15N.CH4/c1-9(2,3)10-7-5-4-6-8-10;2*1-9(2)8-10-6-4-3-5-7-10;1-8(2,3)10-6-4-9-5-7-10;1-8(2)7-10-5-3-9-4-6-10;1-8(2)7-9-5-3-4-6-9;1-7(2)8-3-5-9-6-4-8;1-7(2)8-5-3-4-6-8;/h4-8H2,1-3H3;2*9H,3-8H2,1-2H3;9H,4-7H2,1-3H3;8-9H,3-7H2,1-2H3;8H,3-7H2,1-2H3;7H,3-6H2,1-2H3;7H,3-6H2,1-2H3;1H4. The van der Waals surface area contributed by atoms with Crippen LogP contribution in [0.1, 0.15) is 216 Å². The van der Waals surface area contributed by atoms with Gasteiger partial charge in [-0.05, 0) is 223 Å². The van der Waals surface area contributed by atoms with Crippen LogP contribution in [-0.2, 0) is 4.74 Å². The molecule has 0 aromatic heterocycles. The van der Waals surface area contributed by atoms with Gasteiger partial charge < -0.3 is 39.9 Å². The third-order valence-corrected chi connectivity index (χ3v) is 15.8. The fourth-order valence-corrected chi connectivity index (χ4v) is 11.5.